The van der Waals surface area contributed by atoms with E-state index >= 15 is 0 Å². The smallest absolute Gasteiger partial charge is 0.0959 e. The molecule has 1 fully saturated rings. The maximum absolute atomic E-state index is 11.4. The standard InChI is InChI=1S/C16H20N2OS2/c1-11(15-10-20-16(18-15)13-5-6-13)17-9-12-3-7-14(8-4-12)21(2)19/h3-4,7-8,10-11,13,17H,5-6,9H2,1-2H3. The predicted molar refractivity (Wildman–Crippen MR) is 88.1 cm³/mol. The fourth-order valence-electron chi connectivity index (χ4n) is 2.19. The molecule has 3 rings (SSSR count). The SMILES string of the molecule is CC(NCc1ccc(S(C)=O)cc1)c1csc(C2CC2)n1. The molecular weight excluding hydrogens is 300 g/mol. The van der Waals surface area contributed by atoms with Crippen molar-refractivity contribution in [2.24, 2.45) is 0 Å². The van der Waals surface area contributed by atoms with Crippen molar-refractivity contribution in [2.45, 2.75) is 43.2 Å². The van der Waals surface area contributed by atoms with Gasteiger partial charge in [-0.05, 0) is 37.5 Å². The second-order valence-electron chi connectivity index (χ2n) is 5.59. The van der Waals surface area contributed by atoms with Crippen LogP contribution in [0, 0.1) is 0 Å². The van der Waals surface area contributed by atoms with Gasteiger partial charge in [-0.3, -0.25) is 4.21 Å². The molecule has 1 aliphatic carbocycles. The first-order valence-electron chi connectivity index (χ1n) is 7.24. The van der Waals surface area contributed by atoms with Gasteiger partial charge >= 0.3 is 0 Å². The maximum Gasteiger partial charge on any atom is 0.0959 e. The normalized spacial score (nSPS) is 17.6. The molecule has 0 saturated heterocycles. The minimum absolute atomic E-state index is 0.258. The van der Waals surface area contributed by atoms with Gasteiger partial charge in [-0.1, -0.05) is 12.1 Å². The van der Waals surface area contributed by atoms with Crippen LogP contribution in [0.25, 0.3) is 0 Å². The molecule has 2 unspecified atom stereocenters. The summed E-state index contributed by atoms with van der Waals surface area (Å²) in [6.45, 7) is 2.95. The van der Waals surface area contributed by atoms with E-state index in [1.54, 1.807) is 17.6 Å². The van der Waals surface area contributed by atoms with Crippen molar-refractivity contribution in [3.63, 3.8) is 0 Å². The minimum atomic E-state index is -0.905. The molecule has 1 aromatic heterocycles. The molecular formula is C16H20N2OS2. The molecule has 0 bridgehead atoms. The quantitative estimate of drug-likeness (QED) is 0.884. The van der Waals surface area contributed by atoms with Gasteiger partial charge in [0.15, 0.2) is 0 Å². The molecule has 3 nitrogen and oxygen atoms in total. The molecule has 21 heavy (non-hydrogen) atoms. The van der Waals surface area contributed by atoms with Gasteiger partial charge in [0.2, 0.25) is 0 Å². The summed E-state index contributed by atoms with van der Waals surface area (Å²) in [5, 5.41) is 6.98. The van der Waals surface area contributed by atoms with Crippen molar-refractivity contribution >= 4 is 22.1 Å². The first kappa shape index (κ1) is 14.9. The molecule has 1 aromatic carbocycles. The highest BCUT2D eigenvalue weighted by Gasteiger charge is 2.27. The maximum atomic E-state index is 11.4. The molecule has 0 amide bonds. The number of aromatic nitrogens is 1. The van der Waals surface area contributed by atoms with Crippen LogP contribution in [0.4, 0.5) is 0 Å². The summed E-state index contributed by atoms with van der Waals surface area (Å²) in [7, 11) is -0.905. The van der Waals surface area contributed by atoms with E-state index in [0.29, 0.717) is 0 Å². The van der Waals surface area contributed by atoms with E-state index in [1.165, 1.54) is 23.4 Å². The van der Waals surface area contributed by atoms with Gasteiger partial charge in [-0.25, -0.2) is 4.98 Å². The number of rotatable bonds is 6. The third kappa shape index (κ3) is 3.78. The lowest BCUT2D eigenvalue weighted by atomic mass is 10.2. The van der Waals surface area contributed by atoms with Crippen molar-refractivity contribution in [2.75, 3.05) is 6.26 Å². The van der Waals surface area contributed by atoms with Crippen LogP contribution in [0.5, 0.6) is 0 Å². The zero-order valence-electron chi connectivity index (χ0n) is 12.3. The molecule has 1 aliphatic rings. The van der Waals surface area contributed by atoms with Crippen LogP contribution in [0.1, 0.15) is 48.0 Å². The van der Waals surface area contributed by atoms with Crippen molar-refractivity contribution in [1.29, 1.82) is 0 Å². The number of benzene rings is 1. The Labute approximate surface area is 132 Å². The lowest BCUT2D eigenvalue weighted by Gasteiger charge is -2.11. The Morgan fingerprint density at radius 1 is 1.38 bits per heavy atom. The number of nitrogens with zero attached hydrogens (tertiary/aromatic N) is 1. The molecule has 0 radical (unpaired) electrons. The average molecular weight is 320 g/mol. The highest BCUT2D eigenvalue weighted by Crippen LogP contribution is 2.41. The van der Waals surface area contributed by atoms with Crippen molar-refractivity contribution in [1.82, 2.24) is 10.3 Å². The summed E-state index contributed by atoms with van der Waals surface area (Å²) >= 11 is 1.79. The number of hydrogen-bond donors (Lipinski definition) is 1. The van der Waals surface area contributed by atoms with Crippen molar-refractivity contribution < 1.29 is 4.21 Å². The second-order valence-corrected chi connectivity index (χ2v) is 7.85. The molecule has 1 heterocycles. The van der Waals surface area contributed by atoms with Gasteiger partial charge in [0, 0.05) is 45.8 Å². The van der Waals surface area contributed by atoms with Gasteiger partial charge in [-0.2, -0.15) is 0 Å². The van der Waals surface area contributed by atoms with E-state index in [2.05, 4.69) is 17.6 Å². The summed E-state index contributed by atoms with van der Waals surface area (Å²) in [4.78, 5) is 5.61. The Bertz CT molecular complexity index is 632. The zero-order chi connectivity index (χ0) is 14.8. The molecule has 1 N–H and O–H groups in total. The minimum Gasteiger partial charge on any atom is -0.305 e. The van der Waals surface area contributed by atoms with Gasteiger partial charge in [-0.15, -0.1) is 11.3 Å². The first-order valence-corrected chi connectivity index (χ1v) is 9.68. The lowest BCUT2D eigenvalue weighted by Crippen LogP contribution is -2.18. The third-order valence-corrected chi connectivity index (χ3v) is 5.74. The predicted octanol–water partition coefficient (Wildman–Crippen LogP) is 3.61. The summed E-state index contributed by atoms with van der Waals surface area (Å²) in [6, 6.07) is 8.20. The summed E-state index contributed by atoms with van der Waals surface area (Å²) in [5.41, 5.74) is 2.35. The highest BCUT2D eigenvalue weighted by molar-refractivity contribution is 7.84. The first-order chi connectivity index (χ1) is 10.1. The number of nitrogens with one attached hydrogen (secondary N) is 1. The Balaban J connectivity index is 1.56. The van der Waals surface area contributed by atoms with Crippen LogP contribution in [0.15, 0.2) is 34.5 Å². The molecule has 2 aromatic rings. The van der Waals surface area contributed by atoms with Crippen molar-refractivity contribution in [3.05, 3.63) is 45.9 Å². The largest absolute Gasteiger partial charge is 0.305 e. The summed E-state index contributed by atoms with van der Waals surface area (Å²) < 4.78 is 11.4. The monoisotopic (exact) mass is 320 g/mol. The van der Waals surface area contributed by atoms with Crippen LogP contribution in [-0.4, -0.2) is 15.4 Å². The van der Waals surface area contributed by atoms with Gasteiger partial charge < -0.3 is 5.32 Å². The van der Waals surface area contributed by atoms with Gasteiger partial charge in [0.25, 0.3) is 0 Å². The van der Waals surface area contributed by atoms with E-state index < -0.39 is 10.8 Å². The number of thiazole rings is 1. The van der Waals surface area contributed by atoms with Crippen LogP contribution >= 0.6 is 11.3 Å². The Morgan fingerprint density at radius 3 is 2.71 bits per heavy atom. The third-order valence-electron chi connectivity index (χ3n) is 3.78. The topological polar surface area (TPSA) is 42.0 Å². The highest BCUT2D eigenvalue weighted by atomic mass is 32.2. The molecule has 0 spiro atoms. The zero-order valence-corrected chi connectivity index (χ0v) is 14.0. The van der Waals surface area contributed by atoms with Gasteiger partial charge in [0.05, 0.1) is 10.7 Å². The Hall–Kier alpha value is -1.04. The van der Waals surface area contributed by atoms with E-state index in [1.807, 2.05) is 24.3 Å². The Kier molecular flexibility index (Phi) is 4.52. The fraction of sp³-hybridized carbons (Fsp3) is 0.438. The van der Waals surface area contributed by atoms with Crippen LogP contribution in [0.2, 0.25) is 0 Å². The molecule has 112 valence electrons. The second kappa shape index (κ2) is 6.38. The number of hydrogen-bond acceptors (Lipinski definition) is 4. The van der Waals surface area contributed by atoms with Gasteiger partial charge in [0.1, 0.15) is 0 Å². The van der Waals surface area contributed by atoms with E-state index in [-0.39, 0.29) is 6.04 Å². The van der Waals surface area contributed by atoms with E-state index in [4.69, 9.17) is 4.98 Å². The molecule has 5 heteroatoms. The Morgan fingerprint density at radius 2 is 2.10 bits per heavy atom. The summed E-state index contributed by atoms with van der Waals surface area (Å²) in [6.07, 6.45) is 4.31. The lowest BCUT2D eigenvalue weighted by molar-refractivity contribution is 0.562. The molecule has 2 atom stereocenters. The molecule has 0 aliphatic heterocycles. The van der Waals surface area contributed by atoms with Crippen LogP contribution in [0.3, 0.4) is 0 Å². The summed E-state index contributed by atoms with van der Waals surface area (Å²) in [5.74, 6) is 0.735. The molecule has 1 saturated carbocycles. The van der Waals surface area contributed by atoms with E-state index in [0.717, 1.165) is 23.1 Å². The van der Waals surface area contributed by atoms with E-state index in [9.17, 15) is 4.21 Å². The fourth-order valence-corrected chi connectivity index (χ4v) is 3.80. The average Bonchev–Trinajstić information content (AvgIpc) is 3.22. The van der Waals surface area contributed by atoms with Crippen LogP contribution < -0.4 is 5.32 Å². The van der Waals surface area contributed by atoms with Crippen molar-refractivity contribution in [3.8, 4) is 0 Å². The van der Waals surface area contributed by atoms with Crippen LogP contribution in [-0.2, 0) is 17.3 Å².